The van der Waals surface area contributed by atoms with Gasteiger partial charge in [-0.2, -0.15) is 0 Å². The predicted octanol–water partition coefficient (Wildman–Crippen LogP) is 4.82. The first-order chi connectivity index (χ1) is 16.8. The zero-order valence-electron chi connectivity index (χ0n) is 20.4. The van der Waals surface area contributed by atoms with Crippen LogP contribution < -0.4 is 5.32 Å². The zero-order valence-corrected chi connectivity index (χ0v) is 20.4. The summed E-state index contributed by atoms with van der Waals surface area (Å²) in [5, 5.41) is 3.28. The van der Waals surface area contributed by atoms with E-state index in [2.05, 4.69) is 10.3 Å². The first kappa shape index (κ1) is 24.6. The van der Waals surface area contributed by atoms with E-state index in [0.29, 0.717) is 6.54 Å². The molecule has 1 saturated heterocycles. The number of esters is 2. The highest BCUT2D eigenvalue weighted by Crippen LogP contribution is 2.36. The number of pyridine rings is 1. The molecule has 0 aliphatic carbocycles. The number of aromatic nitrogens is 1. The fraction of sp³-hybridized carbons (Fsp3) is 0.345. The number of carbonyl (C=O) groups excluding carboxylic acids is 2. The van der Waals surface area contributed by atoms with E-state index < -0.39 is 17.7 Å². The number of nitrogens with zero attached hydrogens (tertiary/aromatic N) is 1. The quantitative estimate of drug-likeness (QED) is 0.497. The van der Waals surface area contributed by atoms with Crippen LogP contribution in [0.3, 0.4) is 0 Å². The van der Waals surface area contributed by atoms with Crippen molar-refractivity contribution < 1.29 is 19.1 Å². The fourth-order valence-electron chi connectivity index (χ4n) is 4.55. The second-order valence-electron chi connectivity index (χ2n) is 9.84. The summed E-state index contributed by atoms with van der Waals surface area (Å²) in [6.45, 7) is 6.04. The maximum atomic E-state index is 13.4. The van der Waals surface area contributed by atoms with Crippen LogP contribution in [0.25, 0.3) is 0 Å². The number of rotatable bonds is 7. The predicted molar refractivity (Wildman–Crippen MR) is 134 cm³/mol. The van der Waals surface area contributed by atoms with Crippen molar-refractivity contribution in [2.24, 2.45) is 5.92 Å². The zero-order chi connectivity index (χ0) is 24.8. The number of hydrogen-bond acceptors (Lipinski definition) is 6. The van der Waals surface area contributed by atoms with E-state index in [1.165, 1.54) is 0 Å². The van der Waals surface area contributed by atoms with E-state index in [9.17, 15) is 9.59 Å². The van der Waals surface area contributed by atoms with Crippen molar-refractivity contribution in [3.8, 4) is 0 Å². The van der Waals surface area contributed by atoms with Crippen molar-refractivity contribution in [2.75, 3.05) is 6.54 Å². The molecule has 0 radical (unpaired) electrons. The van der Waals surface area contributed by atoms with Gasteiger partial charge in [0.1, 0.15) is 11.6 Å². The van der Waals surface area contributed by atoms with E-state index in [1.807, 2.05) is 99.6 Å². The molecular weight excluding hydrogens is 440 g/mol. The molecule has 0 bridgehead atoms. The highest BCUT2D eigenvalue weighted by Gasteiger charge is 2.44. The van der Waals surface area contributed by atoms with Gasteiger partial charge < -0.3 is 14.8 Å². The molecule has 35 heavy (non-hydrogen) atoms. The molecule has 6 nitrogen and oxygen atoms in total. The molecule has 3 aromatic rings. The van der Waals surface area contributed by atoms with Crippen molar-refractivity contribution in [3.63, 3.8) is 0 Å². The third-order valence-electron chi connectivity index (χ3n) is 6.09. The van der Waals surface area contributed by atoms with Crippen LogP contribution >= 0.6 is 0 Å². The lowest BCUT2D eigenvalue weighted by Crippen LogP contribution is -2.41. The largest absolute Gasteiger partial charge is 0.459 e. The van der Waals surface area contributed by atoms with Crippen LogP contribution in [0.2, 0.25) is 0 Å². The summed E-state index contributed by atoms with van der Waals surface area (Å²) < 4.78 is 11.7. The van der Waals surface area contributed by atoms with Crippen LogP contribution in [0.5, 0.6) is 0 Å². The smallest absolute Gasteiger partial charge is 0.323 e. The van der Waals surface area contributed by atoms with Crippen LogP contribution in [0.4, 0.5) is 0 Å². The first-order valence-electron chi connectivity index (χ1n) is 12.0. The highest BCUT2D eigenvalue weighted by molar-refractivity contribution is 5.79. The molecule has 1 fully saturated rings. The molecule has 2 aromatic carbocycles. The Hall–Kier alpha value is -3.51. The molecule has 1 aliphatic rings. The van der Waals surface area contributed by atoms with Crippen LogP contribution in [-0.2, 0) is 19.1 Å². The van der Waals surface area contributed by atoms with E-state index in [1.54, 1.807) is 6.20 Å². The minimum atomic E-state index is -0.626. The Morgan fingerprint density at radius 2 is 1.54 bits per heavy atom. The second-order valence-corrected chi connectivity index (χ2v) is 9.84. The normalized spacial score (nSPS) is 19.9. The maximum absolute atomic E-state index is 13.4. The van der Waals surface area contributed by atoms with E-state index >= 15 is 0 Å². The van der Waals surface area contributed by atoms with Gasteiger partial charge in [-0.15, -0.1) is 0 Å². The molecule has 1 N–H and O–H groups in total. The Bertz CT molecular complexity index is 1070. The number of benzene rings is 2. The van der Waals surface area contributed by atoms with E-state index in [4.69, 9.17) is 9.47 Å². The van der Waals surface area contributed by atoms with Gasteiger partial charge in [0.2, 0.25) is 0 Å². The summed E-state index contributed by atoms with van der Waals surface area (Å²) >= 11 is 0. The van der Waals surface area contributed by atoms with Crippen molar-refractivity contribution in [1.82, 2.24) is 10.3 Å². The molecule has 3 atom stereocenters. The Morgan fingerprint density at radius 1 is 0.943 bits per heavy atom. The summed E-state index contributed by atoms with van der Waals surface area (Å²) in [6, 6.07) is 24.4. The Kier molecular flexibility index (Phi) is 7.61. The molecule has 6 heteroatoms. The van der Waals surface area contributed by atoms with Gasteiger partial charge in [-0.25, -0.2) is 0 Å². The molecule has 1 aromatic heterocycles. The van der Waals surface area contributed by atoms with Crippen molar-refractivity contribution in [1.29, 1.82) is 0 Å². The molecule has 0 spiro atoms. The number of hydrogen-bond donors (Lipinski definition) is 1. The number of nitrogens with one attached hydrogen (secondary N) is 1. The molecule has 0 saturated carbocycles. The monoisotopic (exact) mass is 472 g/mol. The van der Waals surface area contributed by atoms with Crippen LogP contribution in [0, 0.1) is 5.92 Å². The SMILES string of the molecule is CC(C)(C)OC(=O)[C@@H]1NC[C@H](c2ccccn2)[C@@H]1CC(=O)OC(c1ccccc1)c1ccccc1. The molecule has 2 heterocycles. The highest BCUT2D eigenvalue weighted by atomic mass is 16.6. The minimum absolute atomic E-state index is 0.0638. The lowest BCUT2D eigenvalue weighted by molar-refractivity contribution is -0.159. The van der Waals surface area contributed by atoms with Gasteiger partial charge in [0.05, 0.1) is 6.42 Å². The summed E-state index contributed by atoms with van der Waals surface area (Å²) in [5.41, 5.74) is 1.99. The van der Waals surface area contributed by atoms with E-state index in [-0.39, 0.29) is 30.2 Å². The van der Waals surface area contributed by atoms with Gasteiger partial charge in [0, 0.05) is 30.3 Å². The number of carbonyl (C=O) groups is 2. The molecule has 4 rings (SSSR count). The van der Waals surface area contributed by atoms with Gasteiger partial charge in [-0.3, -0.25) is 14.6 Å². The standard InChI is InChI=1S/C29H32N2O4/c1-29(2,3)35-28(33)26-22(23(19-31-26)24-16-10-11-17-30-24)18-25(32)34-27(20-12-6-4-7-13-20)21-14-8-5-9-15-21/h4-17,22-23,26-27,31H,18-19H2,1-3H3/t22-,23-,26+/m0/s1. The Balaban J connectivity index is 1.58. The Labute approximate surface area is 206 Å². The van der Waals surface area contributed by atoms with Gasteiger partial charge in [-0.05, 0) is 44.0 Å². The van der Waals surface area contributed by atoms with Crippen molar-refractivity contribution in [2.45, 2.75) is 50.9 Å². The summed E-state index contributed by atoms with van der Waals surface area (Å²) in [7, 11) is 0. The van der Waals surface area contributed by atoms with Crippen LogP contribution in [-0.4, -0.2) is 35.1 Å². The molecule has 0 amide bonds. The fourth-order valence-corrected chi connectivity index (χ4v) is 4.55. The lowest BCUT2D eigenvalue weighted by Gasteiger charge is -2.27. The molecule has 0 unspecified atom stereocenters. The Morgan fingerprint density at radius 3 is 2.09 bits per heavy atom. The minimum Gasteiger partial charge on any atom is -0.459 e. The van der Waals surface area contributed by atoms with Crippen LogP contribution in [0.15, 0.2) is 85.1 Å². The summed E-state index contributed by atoms with van der Waals surface area (Å²) in [5.74, 6) is -1.20. The maximum Gasteiger partial charge on any atom is 0.323 e. The van der Waals surface area contributed by atoms with Gasteiger partial charge in [0.15, 0.2) is 6.10 Å². The van der Waals surface area contributed by atoms with Crippen LogP contribution in [0.1, 0.15) is 56.0 Å². The average molecular weight is 473 g/mol. The second kappa shape index (κ2) is 10.8. The van der Waals surface area contributed by atoms with Crippen molar-refractivity contribution in [3.05, 3.63) is 102 Å². The number of ether oxygens (including phenoxy) is 2. The first-order valence-corrected chi connectivity index (χ1v) is 12.0. The summed E-state index contributed by atoms with van der Waals surface area (Å²) in [6.07, 6.45) is 1.26. The van der Waals surface area contributed by atoms with Crippen molar-refractivity contribution >= 4 is 11.9 Å². The third kappa shape index (κ3) is 6.34. The summed E-state index contributed by atoms with van der Waals surface area (Å²) in [4.78, 5) is 30.9. The molecule has 1 aliphatic heterocycles. The lowest BCUT2D eigenvalue weighted by atomic mass is 9.85. The molecule has 182 valence electrons. The average Bonchev–Trinajstić information content (AvgIpc) is 3.26. The van der Waals surface area contributed by atoms with Gasteiger partial charge >= 0.3 is 11.9 Å². The van der Waals surface area contributed by atoms with E-state index in [0.717, 1.165) is 16.8 Å². The third-order valence-corrected chi connectivity index (χ3v) is 6.09. The topological polar surface area (TPSA) is 77.5 Å². The molecular formula is C29H32N2O4. The van der Waals surface area contributed by atoms with Gasteiger partial charge in [0.25, 0.3) is 0 Å². The van der Waals surface area contributed by atoms with Gasteiger partial charge in [-0.1, -0.05) is 66.7 Å².